The van der Waals surface area contributed by atoms with Gasteiger partial charge in [-0.25, -0.2) is 0 Å². The average molecular weight is 274 g/mol. The molecule has 0 atom stereocenters. The normalized spacial score (nSPS) is 10.1. The van der Waals surface area contributed by atoms with Gasteiger partial charge in [0.25, 0.3) is 5.91 Å². The fourth-order valence-corrected chi connectivity index (χ4v) is 2.15. The number of hydrogen-bond donors (Lipinski definition) is 1. The van der Waals surface area contributed by atoms with Gasteiger partial charge in [0.05, 0.1) is 5.56 Å². The van der Waals surface area contributed by atoms with E-state index in [1.807, 2.05) is 54.6 Å². The summed E-state index contributed by atoms with van der Waals surface area (Å²) in [5.74, 6) is -0.161. The van der Waals surface area contributed by atoms with Gasteiger partial charge in [0.1, 0.15) is 0 Å². The van der Waals surface area contributed by atoms with Gasteiger partial charge >= 0.3 is 0 Å². The molecule has 0 bridgehead atoms. The molecule has 0 aliphatic carbocycles. The molecule has 0 fully saturated rings. The Morgan fingerprint density at radius 1 is 0.857 bits per heavy atom. The lowest BCUT2D eigenvalue weighted by Crippen LogP contribution is -2.12. The number of amides is 1. The molecule has 3 rings (SSSR count). The van der Waals surface area contributed by atoms with Gasteiger partial charge in [-0.15, -0.1) is 0 Å². The lowest BCUT2D eigenvalue weighted by molar-refractivity contribution is 0.102. The summed E-state index contributed by atoms with van der Waals surface area (Å²) in [5, 5.41) is 2.95. The molecule has 0 saturated carbocycles. The van der Waals surface area contributed by atoms with Crippen molar-refractivity contribution in [3.05, 3.63) is 84.7 Å². The van der Waals surface area contributed by atoms with Crippen molar-refractivity contribution < 1.29 is 4.79 Å². The zero-order valence-corrected chi connectivity index (χ0v) is 11.4. The van der Waals surface area contributed by atoms with Crippen molar-refractivity contribution >= 4 is 11.6 Å². The van der Waals surface area contributed by atoms with Gasteiger partial charge in [-0.05, 0) is 23.8 Å². The van der Waals surface area contributed by atoms with Gasteiger partial charge < -0.3 is 5.32 Å². The molecular formula is C18H14N2O. The minimum atomic E-state index is -0.161. The van der Waals surface area contributed by atoms with E-state index in [9.17, 15) is 4.79 Å². The fourth-order valence-electron chi connectivity index (χ4n) is 2.15. The molecule has 3 heteroatoms. The second-order valence-electron chi connectivity index (χ2n) is 4.61. The molecule has 1 aromatic heterocycles. The van der Waals surface area contributed by atoms with Gasteiger partial charge in [0, 0.05) is 23.6 Å². The summed E-state index contributed by atoms with van der Waals surface area (Å²) in [5.41, 5.74) is 3.40. The average Bonchev–Trinajstić information content (AvgIpc) is 2.57. The van der Waals surface area contributed by atoms with Crippen molar-refractivity contribution in [2.24, 2.45) is 0 Å². The molecule has 0 saturated heterocycles. The maximum Gasteiger partial charge on any atom is 0.257 e. The number of para-hydroxylation sites is 1. The Balaban J connectivity index is 1.92. The summed E-state index contributed by atoms with van der Waals surface area (Å²) in [4.78, 5) is 16.2. The van der Waals surface area contributed by atoms with Gasteiger partial charge in [0.2, 0.25) is 0 Å². The minimum absolute atomic E-state index is 0.161. The van der Waals surface area contributed by atoms with Crippen LogP contribution in [0.25, 0.3) is 11.1 Å². The van der Waals surface area contributed by atoms with E-state index in [0.717, 1.165) is 16.8 Å². The van der Waals surface area contributed by atoms with E-state index >= 15 is 0 Å². The summed E-state index contributed by atoms with van der Waals surface area (Å²) in [7, 11) is 0. The van der Waals surface area contributed by atoms with E-state index in [-0.39, 0.29) is 5.91 Å². The van der Waals surface area contributed by atoms with Crippen LogP contribution in [0.5, 0.6) is 0 Å². The van der Waals surface area contributed by atoms with Crippen LogP contribution in [0.1, 0.15) is 10.4 Å². The maximum absolute atomic E-state index is 12.2. The number of aromatic nitrogens is 1. The standard InChI is InChI=1S/C18H14N2O/c21-18(15-9-6-12-19-13-15)20-17-11-5-4-10-16(17)14-7-2-1-3-8-14/h1-13H,(H,20,21). The number of benzene rings is 2. The zero-order chi connectivity index (χ0) is 14.5. The number of rotatable bonds is 3. The smallest absolute Gasteiger partial charge is 0.257 e. The van der Waals surface area contributed by atoms with Crippen LogP contribution in [0.15, 0.2) is 79.1 Å². The predicted octanol–water partition coefficient (Wildman–Crippen LogP) is 4.00. The molecule has 0 radical (unpaired) electrons. The highest BCUT2D eigenvalue weighted by atomic mass is 16.1. The van der Waals surface area contributed by atoms with Crippen LogP contribution in [0.2, 0.25) is 0 Å². The third-order valence-corrected chi connectivity index (χ3v) is 3.18. The monoisotopic (exact) mass is 274 g/mol. The van der Waals surface area contributed by atoms with Gasteiger partial charge in [-0.3, -0.25) is 9.78 Å². The lowest BCUT2D eigenvalue weighted by atomic mass is 10.0. The highest BCUT2D eigenvalue weighted by Crippen LogP contribution is 2.27. The molecule has 0 aliphatic rings. The first kappa shape index (κ1) is 13.1. The molecule has 21 heavy (non-hydrogen) atoms. The van der Waals surface area contributed by atoms with Crippen LogP contribution in [0.3, 0.4) is 0 Å². The van der Waals surface area contributed by atoms with E-state index in [1.165, 1.54) is 0 Å². The summed E-state index contributed by atoms with van der Waals surface area (Å²) >= 11 is 0. The predicted molar refractivity (Wildman–Crippen MR) is 84.1 cm³/mol. The number of carbonyl (C=O) groups excluding carboxylic acids is 1. The van der Waals surface area contributed by atoms with Gasteiger partial charge in [-0.1, -0.05) is 48.5 Å². The summed E-state index contributed by atoms with van der Waals surface area (Å²) in [6.07, 6.45) is 3.20. The Bertz CT molecular complexity index is 739. The maximum atomic E-state index is 12.2. The molecule has 3 aromatic rings. The zero-order valence-electron chi connectivity index (χ0n) is 11.4. The molecule has 102 valence electrons. The van der Waals surface area contributed by atoms with Gasteiger partial charge in [0.15, 0.2) is 0 Å². The Morgan fingerprint density at radius 3 is 2.38 bits per heavy atom. The summed E-state index contributed by atoms with van der Waals surface area (Å²) < 4.78 is 0. The number of nitrogens with one attached hydrogen (secondary N) is 1. The SMILES string of the molecule is O=C(Nc1ccccc1-c1ccccc1)c1cccnc1. The van der Waals surface area contributed by atoms with Crippen molar-refractivity contribution in [2.45, 2.75) is 0 Å². The molecule has 2 aromatic carbocycles. The third-order valence-electron chi connectivity index (χ3n) is 3.18. The Labute approximate surface area is 123 Å². The lowest BCUT2D eigenvalue weighted by Gasteiger charge is -2.11. The first-order valence-electron chi connectivity index (χ1n) is 6.70. The molecular weight excluding hydrogens is 260 g/mol. The molecule has 0 unspecified atom stereocenters. The second-order valence-corrected chi connectivity index (χ2v) is 4.61. The van der Waals surface area contributed by atoms with Crippen LogP contribution >= 0.6 is 0 Å². The minimum Gasteiger partial charge on any atom is -0.321 e. The second kappa shape index (κ2) is 6.01. The molecule has 0 spiro atoms. The number of nitrogens with zero attached hydrogens (tertiary/aromatic N) is 1. The highest BCUT2D eigenvalue weighted by molar-refractivity contribution is 6.06. The van der Waals surface area contributed by atoms with E-state index in [4.69, 9.17) is 0 Å². The number of carbonyl (C=O) groups is 1. The van der Waals surface area contributed by atoms with Crippen molar-refractivity contribution in [1.29, 1.82) is 0 Å². The van der Waals surface area contributed by atoms with Gasteiger partial charge in [-0.2, -0.15) is 0 Å². The van der Waals surface area contributed by atoms with E-state index in [1.54, 1.807) is 24.5 Å². The molecule has 3 nitrogen and oxygen atoms in total. The largest absolute Gasteiger partial charge is 0.321 e. The van der Waals surface area contributed by atoms with Crippen molar-refractivity contribution in [3.8, 4) is 11.1 Å². The summed E-state index contributed by atoms with van der Waals surface area (Å²) in [6.45, 7) is 0. The molecule has 0 aliphatic heterocycles. The number of hydrogen-bond acceptors (Lipinski definition) is 2. The molecule has 1 amide bonds. The molecule has 1 heterocycles. The summed E-state index contributed by atoms with van der Waals surface area (Å²) in [6, 6.07) is 21.2. The van der Waals surface area contributed by atoms with Crippen LogP contribution in [-0.4, -0.2) is 10.9 Å². The Kier molecular flexibility index (Phi) is 3.74. The quantitative estimate of drug-likeness (QED) is 0.784. The van der Waals surface area contributed by atoms with Crippen LogP contribution in [0.4, 0.5) is 5.69 Å². The van der Waals surface area contributed by atoms with Crippen LogP contribution in [-0.2, 0) is 0 Å². The van der Waals surface area contributed by atoms with Crippen LogP contribution < -0.4 is 5.32 Å². The highest BCUT2D eigenvalue weighted by Gasteiger charge is 2.09. The first-order chi connectivity index (χ1) is 10.3. The van der Waals surface area contributed by atoms with Crippen molar-refractivity contribution in [2.75, 3.05) is 5.32 Å². The van der Waals surface area contributed by atoms with E-state index < -0.39 is 0 Å². The topological polar surface area (TPSA) is 42.0 Å². The number of anilines is 1. The first-order valence-corrected chi connectivity index (χ1v) is 6.70. The molecule has 1 N–H and O–H groups in total. The van der Waals surface area contributed by atoms with Crippen molar-refractivity contribution in [3.63, 3.8) is 0 Å². The van der Waals surface area contributed by atoms with E-state index in [2.05, 4.69) is 10.3 Å². The fraction of sp³-hybridized carbons (Fsp3) is 0. The van der Waals surface area contributed by atoms with Crippen LogP contribution in [0, 0.1) is 0 Å². The number of pyridine rings is 1. The Hall–Kier alpha value is -2.94. The van der Waals surface area contributed by atoms with E-state index in [0.29, 0.717) is 5.56 Å². The van der Waals surface area contributed by atoms with Crippen molar-refractivity contribution in [1.82, 2.24) is 4.98 Å². The third kappa shape index (κ3) is 2.98. The Morgan fingerprint density at radius 2 is 1.62 bits per heavy atom.